The molecule has 1 amide bonds. The van der Waals surface area contributed by atoms with Gasteiger partial charge in [-0.3, -0.25) is 4.79 Å². The van der Waals surface area contributed by atoms with E-state index in [4.69, 9.17) is 14.2 Å². The van der Waals surface area contributed by atoms with Crippen molar-refractivity contribution < 1.29 is 23.8 Å². The number of anilines is 1. The van der Waals surface area contributed by atoms with E-state index in [1.54, 1.807) is 37.7 Å². The third-order valence-electron chi connectivity index (χ3n) is 7.64. The molecule has 3 heterocycles. The summed E-state index contributed by atoms with van der Waals surface area (Å²) < 4.78 is 16.5. The predicted molar refractivity (Wildman–Crippen MR) is 152 cm³/mol. The Kier molecular flexibility index (Phi) is 8.95. The van der Waals surface area contributed by atoms with Crippen molar-refractivity contribution in [2.24, 2.45) is 0 Å². The van der Waals surface area contributed by atoms with Gasteiger partial charge in [0.1, 0.15) is 12.1 Å². The Morgan fingerprint density at radius 1 is 0.900 bits per heavy atom. The molecule has 0 aliphatic carbocycles. The number of hydrogen-bond acceptors (Lipinski definition) is 9. The molecule has 2 aliphatic rings. The van der Waals surface area contributed by atoms with E-state index < -0.39 is 0 Å². The number of ether oxygens (including phenoxy) is 3. The van der Waals surface area contributed by atoms with Gasteiger partial charge in [0.2, 0.25) is 5.91 Å². The summed E-state index contributed by atoms with van der Waals surface area (Å²) in [4.78, 5) is 40.3. The fourth-order valence-electron chi connectivity index (χ4n) is 5.38. The molecule has 40 heavy (non-hydrogen) atoms. The Balaban J connectivity index is 1.19. The highest BCUT2D eigenvalue weighted by Crippen LogP contribution is 2.35. The van der Waals surface area contributed by atoms with Crippen LogP contribution in [0.5, 0.6) is 11.5 Å². The van der Waals surface area contributed by atoms with Crippen molar-refractivity contribution in [3.05, 3.63) is 53.9 Å². The normalized spacial score (nSPS) is 15.8. The van der Waals surface area contributed by atoms with E-state index in [0.29, 0.717) is 49.8 Å². The van der Waals surface area contributed by atoms with Crippen LogP contribution < -0.4 is 14.4 Å². The van der Waals surface area contributed by atoms with Gasteiger partial charge < -0.3 is 28.9 Å². The third-order valence-corrected chi connectivity index (χ3v) is 7.64. The summed E-state index contributed by atoms with van der Waals surface area (Å²) in [5.41, 5.74) is 2.13. The van der Waals surface area contributed by atoms with E-state index in [2.05, 4.69) is 19.8 Å². The van der Waals surface area contributed by atoms with E-state index in [-0.39, 0.29) is 18.3 Å². The van der Waals surface area contributed by atoms with Crippen LogP contribution in [0, 0.1) is 0 Å². The maximum absolute atomic E-state index is 13.0. The second kappa shape index (κ2) is 13.0. The Morgan fingerprint density at radius 3 is 2.35 bits per heavy atom. The second-order valence-electron chi connectivity index (χ2n) is 10.2. The van der Waals surface area contributed by atoms with Crippen molar-refractivity contribution >= 4 is 28.6 Å². The standard InChI is InChI=1S/C30H37N5O5/c1-38-26-19-24-25(20-27(26)40-17-5-12-33-10-3-4-11-33)31-21-32-29(24)35-15-13-34(14-16-35)28(36)18-22-6-8-23(9-7-22)30(37)39-2/h6-9,19-21H,3-5,10-18H2,1-2H3. The number of hydrogen-bond donors (Lipinski definition) is 0. The number of likely N-dealkylation sites (tertiary alicyclic amines) is 1. The van der Waals surface area contributed by atoms with Crippen LogP contribution >= 0.6 is 0 Å². The molecule has 5 rings (SSSR count). The largest absolute Gasteiger partial charge is 0.493 e. The average Bonchev–Trinajstić information content (AvgIpc) is 3.52. The van der Waals surface area contributed by atoms with E-state index in [1.165, 1.54) is 33.0 Å². The molecule has 2 saturated heterocycles. The molecule has 10 nitrogen and oxygen atoms in total. The predicted octanol–water partition coefficient (Wildman–Crippen LogP) is 3.18. The number of esters is 1. The number of aromatic nitrogens is 2. The number of rotatable bonds is 10. The fraction of sp³-hybridized carbons (Fsp3) is 0.467. The molecule has 0 spiro atoms. The van der Waals surface area contributed by atoms with Gasteiger partial charge in [-0.2, -0.15) is 0 Å². The topological polar surface area (TPSA) is 97.3 Å². The van der Waals surface area contributed by atoms with Gasteiger partial charge >= 0.3 is 5.97 Å². The molecule has 0 atom stereocenters. The number of piperazine rings is 1. The quantitative estimate of drug-likeness (QED) is 0.280. The number of benzene rings is 2. The molecule has 0 saturated carbocycles. The lowest BCUT2D eigenvalue weighted by Gasteiger charge is -2.36. The van der Waals surface area contributed by atoms with Crippen LogP contribution in [0.4, 0.5) is 5.82 Å². The summed E-state index contributed by atoms with van der Waals surface area (Å²) in [6, 6.07) is 10.9. The number of fused-ring (bicyclic) bond motifs is 1. The van der Waals surface area contributed by atoms with Crippen LogP contribution in [0.25, 0.3) is 10.9 Å². The number of methoxy groups -OCH3 is 2. The summed E-state index contributed by atoms with van der Waals surface area (Å²) >= 11 is 0. The van der Waals surface area contributed by atoms with Gasteiger partial charge in [-0.05, 0) is 56.1 Å². The van der Waals surface area contributed by atoms with Crippen molar-refractivity contribution in [2.45, 2.75) is 25.7 Å². The molecular formula is C30H37N5O5. The highest BCUT2D eigenvalue weighted by molar-refractivity contribution is 5.92. The molecule has 1 aromatic heterocycles. The second-order valence-corrected chi connectivity index (χ2v) is 10.2. The van der Waals surface area contributed by atoms with Crippen LogP contribution in [-0.4, -0.2) is 98.3 Å². The fourth-order valence-corrected chi connectivity index (χ4v) is 5.38. The first kappa shape index (κ1) is 27.6. The Labute approximate surface area is 234 Å². The van der Waals surface area contributed by atoms with E-state index >= 15 is 0 Å². The molecule has 0 radical (unpaired) electrons. The minimum absolute atomic E-state index is 0.0613. The Morgan fingerprint density at radius 2 is 1.65 bits per heavy atom. The number of amides is 1. The molecule has 0 unspecified atom stereocenters. The minimum Gasteiger partial charge on any atom is -0.493 e. The number of carbonyl (C=O) groups is 2. The molecule has 2 aliphatic heterocycles. The first-order chi connectivity index (χ1) is 19.6. The molecule has 0 bridgehead atoms. The van der Waals surface area contributed by atoms with Crippen LogP contribution in [0.1, 0.15) is 35.2 Å². The molecule has 0 N–H and O–H groups in total. The lowest BCUT2D eigenvalue weighted by Crippen LogP contribution is -2.49. The molecule has 212 valence electrons. The van der Waals surface area contributed by atoms with Crippen molar-refractivity contribution in [1.82, 2.24) is 19.8 Å². The van der Waals surface area contributed by atoms with E-state index in [0.717, 1.165) is 35.2 Å². The Hall–Kier alpha value is -3.92. The van der Waals surface area contributed by atoms with Gasteiger partial charge in [-0.15, -0.1) is 0 Å². The summed E-state index contributed by atoms with van der Waals surface area (Å²) in [6.07, 6.45) is 5.42. The monoisotopic (exact) mass is 547 g/mol. The van der Waals surface area contributed by atoms with Crippen molar-refractivity contribution in [3.63, 3.8) is 0 Å². The third kappa shape index (κ3) is 6.44. The zero-order valence-electron chi connectivity index (χ0n) is 23.3. The van der Waals surface area contributed by atoms with Crippen LogP contribution in [0.3, 0.4) is 0 Å². The number of carbonyl (C=O) groups excluding carboxylic acids is 2. The zero-order valence-corrected chi connectivity index (χ0v) is 23.3. The molecule has 10 heteroatoms. The van der Waals surface area contributed by atoms with Crippen molar-refractivity contribution in [3.8, 4) is 11.5 Å². The van der Waals surface area contributed by atoms with Gasteiger partial charge in [-0.1, -0.05) is 12.1 Å². The van der Waals surface area contributed by atoms with Gasteiger partial charge in [-0.25, -0.2) is 14.8 Å². The molecule has 2 aromatic carbocycles. The lowest BCUT2D eigenvalue weighted by atomic mass is 10.1. The van der Waals surface area contributed by atoms with E-state index in [9.17, 15) is 9.59 Å². The zero-order chi connectivity index (χ0) is 27.9. The Bertz CT molecular complexity index is 1320. The molecule has 3 aromatic rings. The molecule has 2 fully saturated rings. The lowest BCUT2D eigenvalue weighted by molar-refractivity contribution is -0.130. The van der Waals surface area contributed by atoms with Crippen molar-refractivity contribution in [1.29, 1.82) is 0 Å². The SMILES string of the molecule is COC(=O)c1ccc(CC(=O)N2CCN(c3ncnc4cc(OCCCN5CCCC5)c(OC)cc34)CC2)cc1. The van der Waals surface area contributed by atoms with Crippen LogP contribution in [0.15, 0.2) is 42.7 Å². The average molecular weight is 548 g/mol. The van der Waals surface area contributed by atoms with Gasteiger partial charge in [0.05, 0.1) is 38.3 Å². The first-order valence-electron chi connectivity index (χ1n) is 13.9. The summed E-state index contributed by atoms with van der Waals surface area (Å²) in [5, 5.41) is 0.897. The number of nitrogens with zero attached hydrogens (tertiary/aromatic N) is 5. The maximum atomic E-state index is 13.0. The van der Waals surface area contributed by atoms with Gasteiger partial charge in [0, 0.05) is 44.2 Å². The maximum Gasteiger partial charge on any atom is 0.337 e. The van der Waals surface area contributed by atoms with E-state index in [1.807, 2.05) is 17.0 Å². The van der Waals surface area contributed by atoms with Crippen LogP contribution in [0.2, 0.25) is 0 Å². The summed E-state index contributed by atoms with van der Waals surface area (Å²) in [7, 11) is 3.00. The summed E-state index contributed by atoms with van der Waals surface area (Å²) in [6.45, 7) is 6.58. The van der Waals surface area contributed by atoms with Gasteiger partial charge in [0.15, 0.2) is 11.5 Å². The van der Waals surface area contributed by atoms with Crippen LogP contribution in [-0.2, 0) is 16.0 Å². The highest BCUT2D eigenvalue weighted by atomic mass is 16.5. The highest BCUT2D eigenvalue weighted by Gasteiger charge is 2.24. The molecular weight excluding hydrogens is 510 g/mol. The summed E-state index contributed by atoms with van der Waals surface area (Å²) in [5.74, 6) is 1.86. The smallest absolute Gasteiger partial charge is 0.337 e. The first-order valence-corrected chi connectivity index (χ1v) is 13.9. The van der Waals surface area contributed by atoms with Crippen molar-refractivity contribution in [2.75, 3.05) is 71.5 Å². The van der Waals surface area contributed by atoms with Gasteiger partial charge in [0.25, 0.3) is 0 Å². The minimum atomic E-state index is -0.388.